The maximum Gasteiger partial charge on any atom is 0.104 e. The van der Waals surface area contributed by atoms with Crippen molar-refractivity contribution < 1.29 is 0 Å². The van der Waals surface area contributed by atoms with Gasteiger partial charge in [-0.15, -0.1) is 0 Å². The standard InChI is InChI=1S/C12H17N3S/c1-8-14-11-4-3-9(7-12(11)15-8)10(13-2)5-6-16/h3-4,7,10,13,16H,5-6H2,1-2H3,(H,14,15). The Morgan fingerprint density at radius 2 is 2.31 bits per heavy atom. The van der Waals surface area contributed by atoms with Gasteiger partial charge in [0.05, 0.1) is 11.0 Å². The number of rotatable bonds is 4. The largest absolute Gasteiger partial charge is 0.342 e. The second-order valence-corrected chi connectivity index (χ2v) is 4.40. The van der Waals surface area contributed by atoms with Gasteiger partial charge in [0.1, 0.15) is 5.82 Å². The SMILES string of the molecule is CNC(CCS)c1ccc2nc(C)[nH]c2c1. The van der Waals surface area contributed by atoms with Gasteiger partial charge in [-0.3, -0.25) is 0 Å². The zero-order valence-electron chi connectivity index (χ0n) is 9.62. The van der Waals surface area contributed by atoms with Crippen LogP contribution in [0, 0.1) is 6.92 Å². The van der Waals surface area contributed by atoms with Crippen LogP contribution in [0.2, 0.25) is 0 Å². The Kier molecular flexibility index (Phi) is 3.51. The summed E-state index contributed by atoms with van der Waals surface area (Å²) in [5.41, 5.74) is 3.42. The van der Waals surface area contributed by atoms with E-state index in [9.17, 15) is 0 Å². The predicted octanol–water partition coefficient (Wildman–Crippen LogP) is 2.45. The van der Waals surface area contributed by atoms with E-state index in [-0.39, 0.29) is 0 Å². The molecule has 1 heterocycles. The number of aromatic nitrogens is 2. The summed E-state index contributed by atoms with van der Waals surface area (Å²) in [4.78, 5) is 7.66. The lowest BCUT2D eigenvalue weighted by atomic mass is 10.0. The van der Waals surface area contributed by atoms with Gasteiger partial charge < -0.3 is 10.3 Å². The molecular weight excluding hydrogens is 218 g/mol. The number of hydrogen-bond acceptors (Lipinski definition) is 3. The smallest absolute Gasteiger partial charge is 0.104 e. The number of aromatic amines is 1. The average molecular weight is 235 g/mol. The summed E-state index contributed by atoms with van der Waals surface area (Å²) in [5, 5.41) is 3.31. The first-order chi connectivity index (χ1) is 7.74. The molecule has 0 bridgehead atoms. The molecule has 16 heavy (non-hydrogen) atoms. The monoisotopic (exact) mass is 235 g/mol. The van der Waals surface area contributed by atoms with E-state index in [1.54, 1.807) is 0 Å². The molecule has 1 aromatic heterocycles. The Balaban J connectivity index is 2.36. The van der Waals surface area contributed by atoms with Gasteiger partial charge >= 0.3 is 0 Å². The molecule has 0 saturated heterocycles. The summed E-state index contributed by atoms with van der Waals surface area (Å²) in [6.07, 6.45) is 1.03. The second kappa shape index (κ2) is 4.89. The Morgan fingerprint density at radius 1 is 1.50 bits per heavy atom. The molecule has 0 spiro atoms. The van der Waals surface area contributed by atoms with Gasteiger partial charge in [0.15, 0.2) is 0 Å². The molecule has 4 heteroatoms. The van der Waals surface area contributed by atoms with E-state index < -0.39 is 0 Å². The molecule has 1 atom stereocenters. The highest BCUT2D eigenvalue weighted by molar-refractivity contribution is 7.80. The van der Waals surface area contributed by atoms with E-state index in [2.05, 4.69) is 46.1 Å². The third-order valence-electron chi connectivity index (χ3n) is 2.79. The van der Waals surface area contributed by atoms with Crippen LogP contribution in [0.25, 0.3) is 11.0 Å². The van der Waals surface area contributed by atoms with Crippen LogP contribution >= 0.6 is 12.6 Å². The summed E-state index contributed by atoms with van der Waals surface area (Å²) in [6, 6.07) is 6.73. The van der Waals surface area contributed by atoms with Gasteiger partial charge in [0, 0.05) is 6.04 Å². The van der Waals surface area contributed by atoms with Gasteiger partial charge in [-0.2, -0.15) is 12.6 Å². The zero-order valence-corrected chi connectivity index (χ0v) is 10.5. The van der Waals surface area contributed by atoms with Crippen LogP contribution in [0.1, 0.15) is 23.9 Å². The molecule has 3 nitrogen and oxygen atoms in total. The van der Waals surface area contributed by atoms with Gasteiger partial charge in [0.25, 0.3) is 0 Å². The quantitative estimate of drug-likeness (QED) is 0.712. The molecule has 0 amide bonds. The maximum absolute atomic E-state index is 4.39. The maximum atomic E-state index is 4.39. The van der Waals surface area contributed by atoms with Crippen molar-refractivity contribution in [1.29, 1.82) is 0 Å². The molecular formula is C12H17N3S. The number of fused-ring (bicyclic) bond motifs is 1. The third kappa shape index (κ3) is 2.23. The second-order valence-electron chi connectivity index (χ2n) is 3.95. The van der Waals surface area contributed by atoms with Crippen molar-refractivity contribution in [2.24, 2.45) is 0 Å². The van der Waals surface area contributed by atoms with Crippen LogP contribution < -0.4 is 5.32 Å². The van der Waals surface area contributed by atoms with Crippen molar-refractivity contribution in [3.63, 3.8) is 0 Å². The topological polar surface area (TPSA) is 40.7 Å². The Bertz CT molecular complexity index is 478. The highest BCUT2D eigenvalue weighted by Crippen LogP contribution is 2.21. The Hall–Kier alpha value is -1.00. The van der Waals surface area contributed by atoms with Crippen LogP contribution in [0.15, 0.2) is 18.2 Å². The summed E-state index contributed by atoms with van der Waals surface area (Å²) in [7, 11) is 1.98. The van der Waals surface area contributed by atoms with Crippen molar-refractivity contribution >= 4 is 23.7 Å². The van der Waals surface area contributed by atoms with Crippen LogP contribution in [0.3, 0.4) is 0 Å². The van der Waals surface area contributed by atoms with E-state index in [4.69, 9.17) is 0 Å². The average Bonchev–Trinajstić information content (AvgIpc) is 2.64. The number of H-pyrrole nitrogens is 1. The van der Waals surface area contributed by atoms with Crippen molar-refractivity contribution in [1.82, 2.24) is 15.3 Å². The highest BCUT2D eigenvalue weighted by atomic mass is 32.1. The molecule has 0 fully saturated rings. The van der Waals surface area contributed by atoms with Crippen molar-refractivity contribution in [2.75, 3.05) is 12.8 Å². The highest BCUT2D eigenvalue weighted by Gasteiger charge is 2.09. The fourth-order valence-electron chi connectivity index (χ4n) is 1.98. The van der Waals surface area contributed by atoms with Crippen LogP contribution in [0.4, 0.5) is 0 Å². The van der Waals surface area contributed by atoms with E-state index in [1.165, 1.54) is 5.56 Å². The molecule has 2 N–H and O–H groups in total. The van der Waals surface area contributed by atoms with E-state index in [1.807, 2.05) is 14.0 Å². The summed E-state index contributed by atoms with van der Waals surface area (Å²) >= 11 is 4.28. The van der Waals surface area contributed by atoms with Gasteiger partial charge in [-0.25, -0.2) is 4.98 Å². The van der Waals surface area contributed by atoms with Crippen LogP contribution in [0.5, 0.6) is 0 Å². The molecule has 0 aliphatic carbocycles. The summed E-state index contributed by atoms with van der Waals surface area (Å²) < 4.78 is 0. The van der Waals surface area contributed by atoms with E-state index in [0.29, 0.717) is 6.04 Å². The molecule has 0 radical (unpaired) electrons. The van der Waals surface area contributed by atoms with Gasteiger partial charge in [0.2, 0.25) is 0 Å². The first kappa shape index (κ1) is 11.5. The fraction of sp³-hybridized carbons (Fsp3) is 0.417. The third-order valence-corrected chi connectivity index (χ3v) is 3.05. The summed E-state index contributed by atoms with van der Waals surface area (Å²) in [5.74, 6) is 1.84. The zero-order chi connectivity index (χ0) is 11.5. The minimum Gasteiger partial charge on any atom is -0.342 e. The molecule has 0 saturated carbocycles. The fourth-order valence-corrected chi connectivity index (χ4v) is 2.24. The first-order valence-electron chi connectivity index (χ1n) is 5.49. The van der Waals surface area contributed by atoms with E-state index >= 15 is 0 Å². The van der Waals surface area contributed by atoms with Crippen molar-refractivity contribution in [3.8, 4) is 0 Å². The number of thiol groups is 1. The molecule has 2 rings (SSSR count). The number of nitrogens with one attached hydrogen (secondary N) is 2. The van der Waals surface area contributed by atoms with E-state index in [0.717, 1.165) is 29.0 Å². The lowest BCUT2D eigenvalue weighted by molar-refractivity contribution is 0.582. The van der Waals surface area contributed by atoms with Gasteiger partial charge in [-0.05, 0) is 43.8 Å². The molecule has 0 aliphatic rings. The molecule has 2 aromatic rings. The van der Waals surface area contributed by atoms with Crippen LogP contribution in [-0.4, -0.2) is 22.8 Å². The lowest BCUT2D eigenvalue weighted by Crippen LogP contribution is -2.16. The number of aryl methyl sites for hydroxylation is 1. The van der Waals surface area contributed by atoms with Crippen LogP contribution in [-0.2, 0) is 0 Å². The lowest BCUT2D eigenvalue weighted by Gasteiger charge is -2.15. The molecule has 0 aliphatic heterocycles. The summed E-state index contributed by atoms with van der Waals surface area (Å²) in [6.45, 7) is 1.98. The number of imidazole rings is 1. The van der Waals surface area contributed by atoms with Gasteiger partial charge in [-0.1, -0.05) is 6.07 Å². The Morgan fingerprint density at radius 3 is 3.00 bits per heavy atom. The molecule has 1 aromatic carbocycles. The predicted molar refractivity (Wildman–Crippen MR) is 71.1 cm³/mol. The first-order valence-corrected chi connectivity index (χ1v) is 6.12. The number of benzene rings is 1. The molecule has 86 valence electrons. The minimum absolute atomic E-state index is 0.366. The Labute approximate surface area is 101 Å². The molecule has 1 unspecified atom stereocenters. The van der Waals surface area contributed by atoms with Crippen molar-refractivity contribution in [3.05, 3.63) is 29.6 Å². The normalized spacial score (nSPS) is 13.2. The van der Waals surface area contributed by atoms with Crippen molar-refractivity contribution in [2.45, 2.75) is 19.4 Å². The number of hydrogen-bond donors (Lipinski definition) is 3. The minimum atomic E-state index is 0.366. The number of nitrogens with zero attached hydrogens (tertiary/aromatic N) is 1.